The normalized spacial score (nSPS) is 15.3. The summed E-state index contributed by atoms with van der Waals surface area (Å²) in [7, 11) is 0. The van der Waals surface area contributed by atoms with Gasteiger partial charge in [-0.3, -0.25) is 0 Å². The molecule has 4 nitrogen and oxygen atoms in total. The van der Waals surface area contributed by atoms with Gasteiger partial charge in [0.1, 0.15) is 0 Å². The molecule has 0 spiro atoms. The largest absolute Gasteiger partial charge is 0.389 e. The summed E-state index contributed by atoms with van der Waals surface area (Å²) in [4.78, 5) is 0. The van der Waals surface area contributed by atoms with Crippen LogP contribution in [0.4, 0.5) is 0 Å². The van der Waals surface area contributed by atoms with E-state index in [9.17, 15) is 0 Å². The topological polar surface area (TPSA) is 48.1 Å². The first-order valence-electron chi connectivity index (χ1n) is 27.1. The fraction of sp³-hybridized carbons (Fsp3) is 0.763. The van der Waals surface area contributed by atoms with Crippen LogP contribution in [-0.4, -0.2) is 25.7 Å². The van der Waals surface area contributed by atoms with Crippen molar-refractivity contribution in [2.45, 2.75) is 258 Å². The van der Waals surface area contributed by atoms with Crippen LogP contribution in [0.1, 0.15) is 252 Å². The van der Waals surface area contributed by atoms with E-state index in [4.69, 9.17) is 0 Å². The van der Waals surface area contributed by atoms with Crippen molar-refractivity contribution in [3.63, 3.8) is 0 Å². The molecule has 0 heterocycles. The van der Waals surface area contributed by atoms with Gasteiger partial charge in [-0.2, -0.15) is 0 Å². The lowest BCUT2D eigenvalue weighted by Crippen LogP contribution is -2.34. The zero-order valence-electron chi connectivity index (χ0n) is 42.8. The van der Waals surface area contributed by atoms with Crippen LogP contribution < -0.4 is 21.3 Å². The molecular weight excluding hydrogens is 765 g/mol. The van der Waals surface area contributed by atoms with Crippen molar-refractivity contribution in [2.24, 2.45) is 11.8 Å². The Kier molecular flexibility index (Phi) is 37.9. The van der Waals surface area contributed by atoms with E-state index in [1.54, 1.807) is 0 Å². The Morgan fingerprint density at radius 2 is 0.730 bits per heavy atom. The highest BCUT2D eigenvalue weighted by Crippen LogP contribution is 2.32. The lowest BCUT2D eigenvalue weighted by Gasteiger charge is -2.33. The Hall–Kier alpha value is -2.62. The second-order valence-corrected chi connectivity index (χ2v) is 20.5. The third-order valence-electron chi connectivity index (χ3n) is 13.7. The van der Waals surface area contributed by atoms with Gasteiger partial charge in [0.15, 0.2) is 0 Å². The molecule has 1 atom stereocenters. The van der Waals surface area contributed by atoms with E-state index < -0.39 is 0 Å². The van der Waals surface area contributed by atoms with Crippen LogP contribution >= 0.6 is 0 Å². The predicted octanol–water partition coefficient (Wildman–Crippen LogP) is 17.8. The number of unbranched alkanes of at least 4 members (excludes halogenated alkanes) is 23. The van der Waals surface area contributed by atoms with E-state index in [0.29, 0.717) is 5.92 Å². The van der Waals surface area contributed by atoms with Gasteiger partial charge in [-0.1, -0.05) is 178 Å². The molecule has 4 heteroatoms. The van der Waals surface area contributed by atoms with Gasteiger partial charge in [0.2, 0.25) is 0 Å². The molecule has 0 bridgehead atoms. The van der Waals surface area contributed by atoms with Gasteiger partial charge in [0, 0.05) is 48.5 Å². The fourth-order valence-electron chi connectivity index (χ4n) is 9.22. The van der Waals surface area contributed by atoms with Crippen molar-refractivity contribution < 1.29 is 0 Å². The molecule has 0 aromatic rings. The van der Waals surface area contributed by atoms with Gasteiger partial charge in [-0.05, 0) is 135 Å². The average molecular weight is 874 g/mol. The molecule has 0 amide bonds. The van der Waals surface area contributed by atoms with E-state index in [2.05, 4.69) is 88.1 Å². The summed E-state index contributed by atoms with van der Waals surface area (Å²) < 4.78 is 0. The van der Waals surface area contributed by atoms with Gasteiger partial charge in [0.25, 0.3) is 0 Å². The Morgan fingerprint density at radius 1 is 0.397 bits per heavy atom. The van der Waals surface area contributed by atoms with Crippen LogP contribution in [0.25, 0.3) is 0 Å². The molecule has 1 fully saturated rings. The van der Waals surface area contributed by atoms with Crippen LogP contribution in [0.2, 0.25) is 0 Å². The quantitative estimate of drug-likeness (QED) is 0.0363. The highest BCUT2D eigenvalue weighted by atomic mass is 14.9. The number of hydrogen-bond donors (Lipinski definition) is 4. The molecule has 0 aliphatic heterocycles. The van der Waals surface area contributed by atoms with Crippen LogP contribution in [-0.2, 0) is 0 Å². The fourth-order valence-corrected chi connectivity index (χ4v) is 9.22. The van der Waals surface area contributed by atoms with Crippen molar-refractivity contribution in [3.05, 3.63) is 85.6 Å². The van der Waals surface area contributed by atoms with Gasteiger partial charge in [-0.25, -0.2) is 0 Å². The molecule has 0 saturated heterocycles. The summed E-state index contributed by atoms with van der Waals surface area (Å²) in [5.41, 5.74) is 8.65. The van der Waals surface area contributed by atoms with E-state index in [1.165, 1.54) is 239 Å². The Morgan fingerprint density at radius 3 is 1.11 bits per heavy atom. The summed E-state index contributed by atoms with van der Waals surface area (Å²) in [6.45, 7) is 39.4. The molecule has 63 heavy (non-hydrogen) atoms. The molecule has 1 aliphatic rings. The maximum Gasteiger partial charge on any atom is 0.0469 e. The highest BCUT2D eigenvalue weighted by molar-refractivity contribution is 5.11. The van der Waals surface area contributed by atoms with Crippen LogP contribution in [0.15, 0.2) is 85.6 Å². The van der Waals surface area contributed by atoms with Crippen molar-refractivity contribution >= 4 is 0 Å². The smallest absolute Gasteiger partial charge is 0.0469 e. The summed E-state index contributed by atoms with van der Waals surface area (Å²) >= 11 is 0. The maximum absolute atomic E-state index is 4.53. The lowest BCUT2D eigenvalue weighted by molar-refractivity contribution is 0.287. The van der Waals surface area contributed by atoms with Crippen LogP contribution in [0.3, 0.4) is 0 Å². The standard InChI is InChI=1S/C59H108N4/c1-50(2)37-31-25-21-19-17-15-13-11-12-14-16-18-20-22-27-34-40-54(8)62-49-57-42-44-58(45-43-57)56(10)63-59(52(5)6)46-41-55(9)61-48-36-30-24-28-33-39-53(7)60-47-35-29-23-26-32-38-51(3)4/h57-63H,1,3,5,7-49H2,2,4,6H3. The molecule has 1 rings (SSSR count). The lowest BCUT2D eigenvalue weighted by atomic mass is 9.80. The molecular formula is C59H108N4. The van der Waals surface area contributed by atoms with E-state index >= 15 is 0 Å². The minimum absolute atomic E-state index is 0.252. The monoisotopic (exact) mass is 873 g/mol. The summed E-state index contributed by atoms with van der Waals surface area (Å²) in [6.07, 6.45) is 46.9. The molecule has 4 N–H and O–H groups in total. The Balaban J connectivity index is 2.00. The van der Waals surface area contributed by atoms with Gasteiger partial charge in [0.05, 0.1) is 0 Å². The van der Waals surface area contributed by atoms with Crippen molar-refractivity contribution in [1.82, 2.24) is 21.3 Å². The molecule has 0 aromatic heterocycles. The highest BCUT2D eigenvalue weighted by Gasteiger charge is 2.24. The molecule has 0 aromatic carbocycles. The Labute approximate surface area is 394 Å². The summed E-state index contributed by atoms with van der Waals surface area (Å²) in [5.74, 6) is 1.30. The molecule has 1 aliphatic carbocycles. The van der Waals surface area contributed by atoms with Gasteiger partial charge >= 0.3 is 0 Å². The van der Waals surface area contributed by atoms with Crippen LogP contribution in [0, 0.1) is 11.8 Å². The minimum Gasteiger partial charge on any atom is -0.389 e. The minimum atomic E-state index is 0.252. The first kappa shape index (κ1) is 58.4. The Bertz CT molecular complexity index is 1220. The molecule has 1 saturated carbocycles. The number of nitrogens with one attached hydrogen (secondary N) is 4. The van der Waals surface area contributed by atoms with Gasteiger partial charge in [-0.15, -0.1) is 13.2 Å². The number of hydrogen-bond acceptors (Lipinski definition) is 4. The first-order chi connectivity index (χ1) is 30.5. The predicted molar refractivity (Wildman–Crippen MR) is 285 cm³/mol. The second-order valence-electron chi connectivity index (χ2n) is 20.5. The third-order valence-corrected chi connectivity index (χ3v) is 13.7. The van der Waals surface area contributed by atoms with Crippen molar-refractivity contribution in [2.75, 3.05) is 19.6 Å². The summed E-state index contributed by atoms with van der Waals surface area (Å²) in [5, 5.41) is 14.7. The number of rotatable bonds is 47. The van der Waals surface area contributed by atoms with Crippen LogP contribution in [0.5, 0.6) is 0 Å². The first-order valence-corrected chi connectivity index (χ1v) is 27.1. The van der Waals surface area contributed by atoms with E-state index in [0.717, 1.165) is 56.9 Å². The van der Waals surface area contributed by atoms with Gasteiger partial charge < -0.3 is 21.3 Å². The van der Waals surface area contributed by atoms with E-state index in [1.807, 2.05) is 0 Å². The zero-order chi connectivity index (χ0) is 46.2. The SMILES string of the molecule is C=C(C)CCCCCCCCCCCCCCCCCCC(=C)NCC1CCC(C(=C)NC(CCC(=C)NCCCCCCCC(=C)NCCCCCCCC(=C)C)C(=C)C)CC1. The average Bonchev–Trinajstić information content (AvgIpc) is 3.25. The maximum atomic E-state index is 4.53. The summed E-state index contributed by atoms with van der Waals surface area (Å²) in [6, 6.07) is 0.252. The zero-order valence-corrected chi connectivity index (χ0v) is 42.8. The second kappa shape index (κ2) is 40.9. The van der Waals surface area contributed by atoms with E-state index in [-0.39, 0.29) is 6.04 Å². The molecule has 0 radical (unpaired) electrons. The van der Waals surface area contributed by atoms with Crippen molar-refractivity contribution in [3.8, 4) is 0 Å². The third kappa shape index (κ3) is 37.3. The van der Waals surface area contributed by atoms with Crippen molar-refractivity contribution in [1.29, 1.82) is 0 Å². The molecule has 1 unspecified atom stereocenters. The number of allylic oxidation sites excluding steroid dienone is 6. The molecule has 364 valence electrons.